The molecule has 0 aliphatic carbocycles. The van der Waals surface area contributed by atoms with Crippen LogP contribution in [-0.2, 0) is 6.42 Å². The number of anilines is 1. The zero-order valence-electron chi connectivity index (χ0n) is 14.5. The molecule has 0 saturated heterocycles. The molecule has 3 nitrogen and oxygen atoms in total. The number of ether oxygens (including phenoxy) is 1. The summed E-state index contributed by atoms with van der Waals surface area (Å²) in [5, 5.41) is 0. The lowest BCUT2D eigenvalue weighted by Crippen LogP contribution is -2.42. The second-order valence-corrected chi connectivity index (χ2v) is 7.39. The predicted molar refractivity (Wildman–Crippen MR) is 99.5 cm³/mol. The molecule has 2 N–H and O–H groups in total. The number of methoxy groups -OCH3 is 1. The fraction of sp³-hybridized carbons (Fsp3) is 0.368. The van der Waals surface area contributed by atoms with Gasteiger partial charge in [0, 0.05) is 22.3 Å². The van der Waals surface area contributed by atoms with E-state index in [2.05, 4.69) is 15.9 Å². The SMILES string of the molecule is COc1cc(Br)ccc1C1c2ccc(N)c(C)c2CCN1CC(F)(F)F. The van der Waals surface area contributed by atoms with Crippen molar-refractivity contribution >= 4 is 21.6 Å². The molecule has 2 aromatic rings. The topological polar surface area (TPSA) is 38.5 Å². The highest BCUT2D eigenvalue weighted by Gasteiger charge is 2.39. The van der Waals surface area contributed by atoms with Gasteiger partial charge in [-0.05, 0) is 48.2 Å². The summed E-state index contributed by atoms with van der Waals surface area (Å²) < 4.78 is 45.9. The lowest BCUT2D eigenvalue weighted by Gasteiger charge is -2.39. The van der Waals surface area contributed by atoms with Crippen LogP contribution in [0.5, 0.6) is 5.75 Å². The van der Waals surface area contributed by atoms with Crippen LogP contribution >= 0.6 is 15.9 Å². The average Bonchev–Trinajstić information content (AvgIpc) is 2.57. The van der Waals surface area contributed by atoms with Crippen LogP contribution in [0.15, 0.2) is 34.8 Å². The highest BCUT2D eigenvalue weighted by atomic mass is 79.9. The average molecular weight is 429 g/mol. The largest absolute Gasteiger partial charge is 0.496 e. The molecule has 0 fully saturated rings. The first-order valence-corrected chi connectivity index (χ1v) is 9.02. The zero-order chi connectivity index (χ0) is 19.1. The number of nitrogens with two attached hydrogens (primary N) is 1. The highest BCUT2D eigenvalue weighted by molar-refractivity contribution is 9.10. The van der Waals surface area contributed by atoms with E-state index in [1.54, 1.807) is 12.1 Å². The Bertz CT molecular complexity index is 823. The van der Waals surface area contributed by atoms with Gasteiger partial charge in [-0.25, -0.2) is 0 Å². The number of rotatable bonds is 3. The summed E-state index contributed by atoms with van der Waals surface area (Å²) in [5.74, 6) is 0.555. The Labute approximate surface area is 159 Å². The summed E-state index contributed by atoms with van der Waals surface area (Å²) in [7, 11) is 1.53. The summed E-state index contributed by atoms with van der Waals surface area (Å²) in [6, 6.07) is 8.48. The minimum absolute atomic E-state index is 0.306. The lowest BCUT2D eigenvalue weighted by atomic mass is 9.85. The smallest absolute Gasteiger partial charge is 0.401 e. The number of hydrogen-bond acceptors (Lipinski definition) is 3. The van der Waals surface area contributed by atoms with E-state index in [1.165, 1.54) is 12.0 Å². The molecule has 0 amide bonds. The fourth-order valence-corrected chi connectivity index (χ4v) is 3.98. The maximum Gasteiger partial charge on any atom is 0.401 e. The molecule has 2 aromatic carbocycles. The third-order valence-electron chi connectivity index (χ3n) is 4.86. The van der Waals surface area contributed by atoms with E-state index in [-0.39, 0.29) is 0 Å². The van der Waals surface area contributed by atoms with Crippen LogP contribution in [-0.4, -0.2) is 31.3 Å². The molecule has 26 heavy (non-hydrogen) atoms. The number of halogens is 4. The van der Waals surface area contributed by atoms with Crippen LogP contribution in [0.25, 0.3) is 0 Å². The van der Waals surface area contributed by atoms with Crippen LogP contribution in [0.1, 0.15) is 28.3 Å². The van der Waals surface area contributed by atoms with Gasteiger partial charge >= 0.3 is 6.18 Å². The first kappa shape index (κ1) is 19.0. The van der Waals surface area contributed by atoms with Crippen molar-refractivity contribution in [3.8, 4) is 5.75 Å². The Morgan fingerprint density at radius 3 is 2.58 bits per heavy atom. The molecular formula is C19H20BrF3N2O. The number of fused-ring (bicyclic) bond motifs is 1. The Hall–Kier alpha value is -1.73. The number of nitrogens with zero attached hydrogens (tertiary/aromatic N) is 1. The second kappa shape index (κ2) is 7.12. The first-order chi connectivity index (χ1) is 12.2. The van der Waals surface area contributed by atoms with Gasteiger partial charge in [-0.3, -0.25) is 4.90 Å². The summed E-state index contributed by atoms with van der Waals surface area (Å²) in [6.07, 6.45) is -3.74. The van der Waals surface area contributed by atoms with E-state index in [4.69, 9.17) is 10.5 Å². The molecule has 0 aromatic heterocycles. The van der Waals surface area contributed by atoms with E-state index < -0.39 is 18.8 Å². The van der Waals surface area contributed by atoms with Crippen LogP contribution in [0.2, 0.25) is 0 Å². The molecule has 1 unspecified atom stereocenters. The predicted octanol–water partition coefficient (Wildman–Crippen LogP) is 4.86. The third kappa shape index (κ3) is 3.69. The lowest BCUT2D eigenvalue weighted by molar-refractivity contribution is -0.150. The molecule has 1 atom stereocenters. The number of hydrogen-bond donors (Lipinski definition) is 1. The van der Waals surface area contributed by atoms with Crippen molar-refractivity contribution in [3.63, 3.8) is 0 Å². The first-order valence-electron chi connectivity index (χ1n) is 8.23. The second-order valence-electron chi connectivity index (χ2n) is 6.47. The summed E-state index contributed by atoms with van der Waals surface area (Å²) in [4.78, 5) is 1.46. The Morgan fingerprint density at radius 2 is 1.92 bits per heavy atom. The Balaban J connectivity index is 2.17. The molecule has 1 aliphatic heterocycles. The molecule has 0 saturated carbocycles. The van der Waals surface area contributed by atoms with Crippen molar-refractivity contribution in [2.24, 2.45) is 0 Å². The van der Waals surface area contributed by atoms with E-state index >= 15 is 0 Å². The van der Waals surface area contributed by atoms with Crippen molar-refractivity contribution in [3.05, 3.63) is 57.1 Å². The van der Waals surface area contributed by atoms with Gasteiger partial charge in [0.25, 0.3) is 0 Å². The van der Waals surface area contributed by atoms with Crippen LogP contribution in [0.3, 0.4) is 0 Å². The fourth-order valence-electron chi connectivity index (χ4n) is 3.64. The standard InChI is InChI=1S/C19H20BrF3N2O/c1-11-13-7-8-25(10-19(21,22)23)18(14(13)5-6-16(11)24)15-4-3-12(20)9-17(15)26-2/h3-6,9,18H,7-8,10,24H2,1-2H3. The minimum atomic E-state index is -4.28. The van der Waals surface area contributed by atoms with Crippen molar-refractivity contribution < 1.29 is 17.9 Å². The number of benzene rings is 2. The van der Waals surface area contributed by atoms with Crippen LogP contribution in [0, 0.1) is 6.92 Å². The molecule has 0 radical (unpaired) electrons. The van der Waals surface area contributed by atoms with Gasteiger partial charge in [-0.15, -0.1) is 0 Å². The van der Waals surface area contributed by atoms with Gasteiger partial charge in [0.1, 0.15) is 5.75 Å². The maximum atomic E-state index is 13.2. The molecule has 1 heterocycles. The van der Waals surface area contributed by atoms with E-state index in [1.807, 2.05) is 25.1 Å². The maximum absolute atomic E-state index is 13.2. The van der Waals surface area contributed by atoms with Crippen molar-refractivity contribution in [1.29, 1.82) is 0 Å². The van der Waals surface area contributed by atoms with Gasteiger partial charge in [0.2, 0.25) is 0 Å². The molecule has 1 aliphatic rings. The Kier molecular flexibility index (Phi) is 5.21. The van der Waals surface area contributed by atoms with Gasteiger partial charge < -0.3 is 10.5 Å². The molecular weight excluding hydrogens is 409 g/mol. The summed E-state index contributed by atoms with van der Waals surface area (Å²) in [5.41, 5.74) is 10.2. The molecule has 140 valence electrons. The van der Waals surface area contributed by atoms with Gasteiger partial charge in [0.15, 0.2) is 0 Å². The van der Waals surface area contributed by atoms with Crippen molar-refractivity contribution in [1.82, 2.24) is 4.90 Å². The normalized spacial score (nSPS) is 17.8. The van der Waals surface area contributed by atoms with Crippen molar-refractivity contribution in [2.45, 2.75) is 25.6 Å². The van der Waals surface area contributed by atoms with E-state index in [9.17, 15) is 13.2 Å². The molecule has 7 heteroatoms. The number of nitrogen functional groups attached to an aromatic ring is 1. The summed E-state index contributed by atoms with van der Waals surface area (Å²) >= 11 is 3.39. The van der Waals surface area contributed by atoms with Gasteiger partial charge in [0.05, 0.1) is 19.7 Å². The molecule has 0 bridgehead atoms. The van der Waals surface area contributed by atoms with E-state index in [0.717, 1.165) is 21.2 Å². The zero-order valence-corrected chi connectivity index (χ0v) is 16.1. The minimum Gasteiger partial charge on any atom is -0.496 e. The summed E-state index contributed by atoms with van der Waals surface area (Å²) in [6.45, 7) is 1.25. The Morgan fingerprint density at radius 1 is 1.23 bits per heavy atom. The number of alkyl halides is 3. The highest BCUT2D eigenvalue weighted by Crippen LogP contribution is 2.42. The van der Waals surface area contributed by atoms with Gasteiger partial charge in [-0.1, -0.05) is 28.1 Å². The quantitative estimate of drug-likeness (QED) is 0.709. The van der Waals surface area contributed by atoms with Crippen molar-refractivity contribution in [2.75, 3.05) is 25.9 Å². The monoisotopic (exact) mass is 428 g/mol. The van der Waals surface area contributed by atoms with Crippen LogP contribution < -0.4 is 10.5 Å². The molecule has 3 rings (SSSR count). The van der Waals surface area contributed by atoms with Crippen LogP contribution in [0.4, 0.5) is 18.9 Å². The van der Waals surface area contributed by atoms with Gasteiger partial charge in [-0.2, -0.15) is 13.2 Å². The van der Waals surface area contributed by atoms with E-state index in [0.29, 0.717) is 30.0 Å². The molecule has 0 spiro atoms. The third-order valence-corrected chi connectivity index (χ3v) is 5.35.